The minimum absolute atomic E-state index is 0.0820. The van der Waals surface area contributed by atoms with Crippen molar-refractivity contribution < 1.29 is 9.59 Å². The smallest absolute Gasteiger partial charge is 0.259 e. The number of carbonyl (C=O) groups is 2. The number of benzene rings is 1. The standard InChI is InChI=1S/C24H18ClN5O2/c25-23-20(29-12-2-1-5-21(29)28-23)8-9-22(31)27-18-6-7-19-16(14-18)10-13-30(19)24(32)17-4-3-11-26-15-17/h1-9,11-12,14-15H,10,13H2,(H,27,31). The van der Waals surface area contributed by atoms with Gasteiger partial charge in [-0.05, 0) is 60.5 Å². The van der Waals surface area contributed by atoms with Crippen molar-refractivity contribution in [3.8, 4) is 0 Å². The lowest BCUT2D eigenvalue weighted by molar-refractivity contribution is -0.111. The number of nitrogens with zero attached hydrogens (tertiary/aromatic N) is 4. The Bertz CT molecular complexity index is 1360. The normalized spacial score (nSPS) is 13.0. The first-order valence-electron chi connectivity index (χ1n) is 10.1. The first kappa shape index (κ1) is 20.0. The molecule has 1 N–H and O–H groups in total. The monoisotopic (exact) mass is 443 g/mol. The second kappa shape index (κ2) is 8.28. The lowest BCUT2D eigenvalue weighted by Gasteiger charge is -2.17. The molecule has 0 radical (unpaired) electrons. The molecule has 0 fully saturated rings. The summed E-state index contributed by atoms with van der Waals surface area (Å²) in [5, 5.41) is 3.20. The molecule has 7 nitrogen and oxygen atoms in total. The van der Waals surface area contributed by atoms with Crippen LogP contribution in [0.1, 0.15) is 21.6 Å². The molecule has 0 saturated carbocycles. The van der Waals surface area contributed by atoms with Crippen LogP contribution < -0.4 is 10.2 Å². The zero-order valence-electron chi connectivity index (χ0n) is 16.9. The van der Waals surface area contributed by atoms with E-state index in [0.29, 0.717) is 34.3 Å². The van der Waals surface area contributed by atoms with Gasteiger partial charge in [0, 0.05) is 42.6 Å². The fourth-order valence-corrected chi connectivity index (χ4v) is 4.05. The molecule has 4 heterocycles. The molecule has 1 aromatic carbocycles. The minimum atomic E-state index is -0.284. The van der Waals surface area contributed by atoms with E-state index in [0.717, 1.165) is 17.7 Å². The predicted molar refractivity (Wildman–Crippen MR) is 124 cm³/mol. The van der Waals surface area contributed by atoms with Gasteiger partial charge >= 0.3 is 0 Å². The Morgan fingerprint density at radius 3 is 2.88 bits per heavy atom. The molecule has 0 spiro atoms. The topological polar surface area (TPSA) is 79.6 Å². The van der Waals surface area contributed by atoms with Crippen molar-refractivity contribution in [3.63, 3.8) is 0 Å². The van der Waals surface area contributed by atoms with Crippen molar-refractivity contribution in [2.75, 3.05) is 16.8 Å². The zero-order valence-corrected chi connectivity index (χ0v) is 17.7. The van der Waals surface area contributed by atoms with Gasteiger partial charge in [-0.2, -0.15) is 0 Å². The molecule has 0 atom stereocenters. The Kier molecular flexibility index (Phi) is 5.17. The first-order chi connectivity index (χ1) is 15.6. The van der Waals surface area contributed by atoms with E-state index in [2.05, 4.69) is 15.3 Å². The van der Waals surface area contributed by atoms with E-state index in [1.165, 1.54) is 6.08 Å². The number of imidazole rings is 1. The second-order valence-corrected chi connectivity index (χ2v) is 7.69. The molecular formula is C24H18ClN5O2. The summed E-state index contributed by atoms with van der Waals surface area (Å²) in [6.07, 6.45) is 8.83. The number of amides is 2. The molecular weight excluding hydrogens is 426 g/mol. The van der Waals surface area contributed by atoms with Crippen molar-refractivity contribution in [1.82, 2.24) is 14.4 Å². The van der Waals surface area contributed by atoms with Crippen LogP contribution in [-0.2, 0) is 11.2 Å². The summed E-state index contributed by atoms with van der Waals surface area (Å²) in [6.45, 7) is 0.590. The van der Waals surface area contributed by atoms with E-state index in [4.69, 9.17) is 11.6 Å². The highest BCUT2D eigenvalue weighted by molar-refractivity contribution is 6.31. The Hall–Kier alpha value is -3.97. The summed E-state index contributed by atoms with van der Waals surface area (Å²) in [4.78, 5) is 35.3. The third kappa shape index (κ3) is 3.74. The van der Waals surface area contributed by atoms with Gasteiger partial charge < -0.3 is 10.2 Å². The van der Waals surface area contributed by atoms with Gasteiger partial charge in [0.25, 0.3) is 5.91 Å². The van der Waals surface area contributed by atoms with Gasteiger partial charge in [0.05, 0.1) is 11.3 Å². The van der Waals surface area contributed by atoms with E-state index in [9.17, 15) is 9.59 Å². The second-order valence-electron chi connectivity index (χ2n) is 7.33. The highest BCUT2D eigenvalue weighted by Crippen LogP contribution is 2.31. The van der Waals surface area contributed by atoms with Crippen molar-refractivity contribution in [2.45, 2.75) is 6.42 Å². The maximum absolute atomic E-state index is 12.8. The van der Waals surface area contributed by atoms with Crippen LogP contribution in [0.5, 0.6) is 0 Å². The highest BCUT2D eigenvalue weighted by Gasteiger charge is 2.26. The zero-order chi connectivity index (χ0) is 22.1. The van der Waals surface area contributed by atoms with Gasteiger partial charge in [-0.3, -0.25) is 19.0 Å². The number of halogens is 1. The number of fused-ring (bicyclic) bond motifs is 2. The predicted octanol–water partition coefficient (Wildman–Crippen LogP) is 4.24. The van der Waals surface area contributed by atoms with Crippen molar-refractivity contribution >= 4 is 46.5 Å². The van der Waals surface area contributed by atoms with Crippen LogP contribution in [0.4, 0.5) is 11.4 Å². The third-order valence-electron chi connectivity index (χ3n) is 5.31. The van der Waals surface area contributed by atoms with Crippen molar-refractivity contribution in [3.05, 3.63) is 95.2 Å². The number of hydrogen-bond acceptors (Lipinski definition) is 4. The summed E-state index contributed by atoms with van der Waals surface area (Å²) >= 11 is 6.21. The number of carbonyl (C=O) groups excluding carboxylic acids is 2. The van der Waals surface area contributed by atoms with Crippen LogP contribution in [0.25, 0.3) is 11.7 Å². The average Bonchev–Trinajstić information content (AvgIpc) is 3.37. The number of hydrogen-bond donors (Lipinski definition) is 1. The summed E-state index contributed by atoms with van der Waals surface area (Å²) in [6, 6.07) is 14.6. The largest absolute Gasteiger partial charge is 0.323 e. The molecule has 0 saturated heterocycles. The van der Waals surface area contributed by atoms with E-state index >= 15 is 0 Å². The van der Waals surface area contributed by atoms with Gasteiger partial charge in [-0.1, -0.05) is 17.7 Å². The molecule has 0 unspecified atom stereocenters. The van der Waals surface area contributed by atoms with Gasteiger partial charge in [0.15, 0.2) is 5.15 Å². The van der Waals surface area contributed by atoms with Crippen LogP contribution in [0.2, 0.25) is 5.15 Å². The Balaban J connectivity index is 1.31. The summed E-state index contributed by atoms with van der Waals surface area (Å²) in [5.41, 5.74) is 4.42. The molecule has 32 heavy (non-hydrogen) atoms. The van der Waals surface area contributed by atoms with Gasteiger partial charge in [0.1, 0.15) is 5.65 Å². The van der Waals surface area contributed by atoms with Gasteiger partial charge in [0.2, 0.25) is 5.91 Å². The van der Waals surface area contributed by atoms with Crippen LogP contribution in [0, 0.1) is 0 Å². The number of anilines is 2. The summed E-state index contributed by atoms with van der Waals surface area (Å²) in [7, 11) is 0. The lowest BCUT2D eigenvalue weighted by Crippen LogP contribution is -2.28. The molecule has 0 bridgehead atoms. The van der Waals surface area contributed by atoms with Gasteiger partial charge in [-0.25, -0.2) is 4.98 Å². The minimum Gasteiger partial charge on any atom is -0.323 e. The van der Waals surface area contributed by atoms with Crippen LogP contribution in [0.3, 0.4) is 0 Å². The van der Waals surface area contributed by atoms with E-state index in [1.807, 2.05) is 40.9 Å². The molecule has 2 amide bonds. The third-order valence-corrected chi connectivity index (χ3v) is 5.59. The van der Waals surface area contributed by atoms with Crippen LogP contribution >= 0.6 is 11.6 Å². The quantitative estimate of drug-likeness (QED) is 0.478. The molecule has 3 aromatic heterocycles. The first-order valence-corrected chi connectivity index (χ1v) is 10.4. The molecule has 5 rings (SSSR count). The van der Waals surface area contributed by atoms with Crippen LogP contribution in [0.15, 0.2) is 73.2 Å². The van der Waals surface area contributed by atoms with E-state index in [1.54, 1.807) is 41.6 Å². The maximum Gasteiger partial charge on any atom is 0.259 e. The SMILES string of the molecule is O=C(C=Cc1c(Cl)nc2ccccn12)Nc1ccc2c(c1)CCN2C(=O)c1cccnc1. The number of pyridine rings is 2. The summed E-state index contributed by atoms with van der Waals surface area (Å²) < 4.78 is 1.81. The fraction of sp³-hybridized carbons (Fsp3) is 0.0833. The molecule has 158 valence electrons. The lowest BCUT2D eigenvalue weighted by atomic mass is 10.1. The molecule has 4 aromatic rings. The molecule has 1 aliphatic heterocycles. The number of aromatic nitrogens is 3. The highest BCUT2D eigenvalue weighted by atomic mass is 35.5. The van der Waals surface area contributed by atoms with Gasteiger partial charge in [-0.15, -0.1) is 0 Å². The van der Waals surface area contributed by atoms with Crippen molar-refractivity contribution in [1.29, 1.82) is 0 Å². The molecule has 0 aliphatic carbocycles. The van der Waals surface area contributed by atoms with E-state index < -0.39 is 0 Å². The summed E-state index contributed by atoms with van der Waals surface area (Å²) in [5.74, 6) is -0.366. The molecule has 1 aliphatic rings. The van der Waals surface area contributed by atoms with E-state index in [-0.39, 0.29) is 11.8 Å². The molecule has 8 heteroatoms. The Morgan fingerprint density at radius 1 is 1.12 bits per heavy atom. The van der Waals surface area contributed by atoms with Crippen LogP contribution in [-0.4, -0.2) is 32.7 Å². The van der Waals surface area contributed by atoms with Crippen molar-refractivity contribution in [2.24, 2.45) is 0 Å². The average molecular weight is 444 g/mol. The Labute approximate surface area is 189 Å². The Morgan fingerprint density at radius 2 is 2.03 bits per heavy atom. The fourth-order valence-electron chi connectivity index (χ4n) is 3.81. The number of rotatable bonds is 4. The number of nitrogens with one attached hydrogen (secondary N) is 1. The maximum atomic E-state index is 12.8.